The molecule has 0 fully saturated rings. The quantitative estimate of drug-likeness (QED) is 0.463. The van der Waals surface area contributed by atoms with Crippen molar-refractivity contribution in [3.63, 3.8) is 0 Å². The summed E-state index contributed by atoms with van der Waals surface area (Å²) >= 11 is 0. The summed E-state index contributed by atoms with van der Waals surface area (Å²) in [5.41, 5.74) is -2.77. The second kappa shape index (κ2) is 8.27. The number of nitrogens with one attached hydrogen (secondary N) is 1. The highest BCUT2D eigenvalue weighted by atomic mass is 19.4. The molecule has 0 spiro atoms. The fraction of sp³-hybridized carbons (Fsp3) is 0.429. The van der Waals surface area contributed by atoms with E-state index in [4.69, 9.17) is 0 Å². The second-order valence-corrected chi connectivity index (χ2v) is 4.80. The number of hydrogen-bond donors (Lipinski definition) is 1. The number of amides is 1. The highest BCUT2D eigenvalue weighted by Gasteiger charge is 2.35. The lowest BCUT2D eigenvalue weighted by Gasteiger charge is -2.13. The molecular formula is C14H15F3N2O5. The van der Waals surface area contributed by atoms with Crippen LogP contribution in [0.3, 0.4) is 0 Å². The number of rotatable bonds is 7. The zero-order chi connectivity index (χ0) is 18.3. The summed E-state index contributed by atoms with van der Waals surface area (Å²) in [6.45, 7) is 1.12. The maximum absolute atomic E-state index is 12.9. The summed E-state index contributed by atoms with van der Waals surface area (Å²) in [5, 5.41) is 12.5. The predicted molar refractivity (Wildman–Crippen MR) is 77.2 cm³/mol. The number of anilines is 1. The van der Waals surface area contributed by atoms with Gasteiger partial charge in [-0.1, -0.05) is 13.3 Å². The molecule has 0 heterocycles. The number of nitro groups is 1. The van der Waals surface area contributed by atoms with E-state index in [2.05, 4.69) is 4.74 Å². The Morgan fingerprint density at radius 3 is 2.54 bits per heavy atom. The maximum atomic E-state index is 12.9. The van der Waals surface area contributed by atoms with Crippen molar-refractivity contribution in [2.45, 2.75) is 32.4 Å². The van der Waals surface area contributed by atoms with Gasteiger partial charge >= 0.3 is 12.1 Å². The van der Waals surface area contributed by atoms with Crippen LogP contribution in [0.5, 0.6) is 0 Å². The first-order chi connectivity index (χ1) is 11.1. The van der Waals surface area contributed by atoms with Crippen LogP contribution >= 0.6 is 0 Å². The number of nitrogens with zero attached hydrogens (tertiary/aromatic N) is 1. The van der Waals surface area contributed by atoms with E-state index in [0.717, 1.165) is 18.6 Å². The number of carbonyl (C=O) groups is 2. The van der Waals surface area contributed by atoms with Crippen molar-refractivity contribution in [3.05, 3.63) is 33.9 Å². The Hall–Kier alpha value is -2.65. The summed E-state index contributed by atoms with van der Waals surface area (Å²) < 4.78 is 43.4. The van der Waals surface area contributed by atoms with Crippen LogP contribution < -0.4 is 5.32 Å². The van der Waals surface area contributed by atoms with E-state index in [1.54, 1.807) is 0 Å². The van der Waals surface area contributed by atoms with Gasteiger partial charge in [0.05, 0.1) is 16.2 Å². The molecule has 0 radical (unpaired) electrons. The minimum atomic E-state index is -4.90. The first kappa shape index (κ1) is 19.4. The van der Waals surface area contributed by atoms with Crippen molar-refractivity contribution in [2.24, 2.45) is 0 Å². The number of unbranched alkanes of at least 4 members (excludes halogenated alkanes) is 1. The summed E-state index contributed by atoms with van der Waals surface area (Å²) in [6.07, 6.45) is -3.47. The normalized spacial score (nSPS) is 11.0. The smallest absolute Gasteiger partial charge is 0.418 e. The number of non-ortho nitro benzene ring substituents is 1. The van der Waals surface area contributed by atoms with Gasteiger partial charge in [0.25, 0.3) is 11.6 Å². The Kier molecular flexibility index (Phi) is 6.69. The van der Waals surface area contributed by atoms with E-state index in [9.17, 15) is 32.9 Å². The molecule has 7 nitrogen and oxygen atoms in total. The first-order valence-corrected chi connectivity index (χ1v) is 6.96. The topological polar surface area (TPSA) is 98.5 Å². The lowest BCUT2D eigenvalue weighted by atomic mass is 10.1. The molecule has 1 rings (SSSR count). The molecule has 1 aromatic carbocycles. The van der Waals surface area contributed by atoms with Crippen LogP contribution in [-0.2, 0) is 20.5 Å². The molecule has 0 saturated carbocycles. The zero-order valence-electron chi connectivity index (χ0n) is 12.7. The lowest BCUT2D eigenvalue weighted by Crippen LogP contribution is -2.22. The summed E-state index contributed by atoms with van der Waals surface area (Å²) in [5.74, 6) is -1.61. The van der Waals surface area contributed by atoms with Crippen molar-refractivity contribution in [3.8, 4) is 0 Å². The minimum absolute atomic E-state index is 0.106. The van der Waals surface area contributed by atoms with Crippen molar-refractivity contribution < 1.29 is 32.4 Å². The van der Waals surface area contributed by atoms with Gasteiger partial charge in [0.1, 0.15) is 0 Å². The number of alkyl halides is 3. The van der Waals surface area contributed by atoms with Gasteiger partial charge in [-0.3, -0.25) is 19.7 Å². The van der Waals surface area contributed by atoms with Gasteiger partial charge in [-0.2, -0.15) is 13.2 Å². The molecule has 0 unspecified atom stereocenters. The van der Waals surface area contributed by atoms with Crippen molar-refractivity contribution >= 4 is 23.3 Å². The van der Waals surface area contributed by atoms with E-state index in [1.807, 2.05) is 12.2 Å². The Morgan fingerprint density at radius 1 is 1.33 bits per heavy atom. The largest absolute Gasteiger partial charge is 0.456 e. The van der Waals surface area contributed by atoms with Gasteiger partial charge in [-0.25, -0.2) is 0 Å². The average Bonchev–Trinajstić information content (AvgIpc) is 2.50. The summed E-state index contributed by atoms with van der Waals surface area (Å²) in [7, 11) is 0. The van der Waals surface area contributed by atoms with Crippen molar-refractivity contribution in [2.75, 3.05) is 11.9 Å². The van der Waals surface area contributed by atoms with Gasteiger partial charge in [0.2, 0.25) is 0 Å². The number of esters is 1. The van der Waals surface area contributed by atoms with E-state index < -0.39 is 46.5 Å². The average molecular weight is 348 g/mol. The SMILES string of the molecule is CCCCC(=O)OCC(=O)Nc1ccc([N+](=O)[O-])cc1C(F)(F)F. The number of ether oxygens (including phenoxy) is 1. The van der Waals surface area contributed by atoms with Crippen LogP contribution in [0.4, 0.5) is 24.5 Å². The minimum Gasteiger partial charge on any atom is -0.456 e. The summed E-state index contributed by atoms with van der Waals surface area (Å²) in [4.78, 5) is 32.4. The predicted octanol–water partition coefficient (Wildman–Crippen LogP) is 3.29. The summed E-state index contributed by atoms with van der Waals surface area (Å²) in [6, 6.07) is 1.93. The van der Waals surface area contributed by atoms with Crippen LogP contribution in [0.2, 0.25) is 0 Å². The van der Waals surface area contributed by atoms with E-state index in [1.165, 1.54) is 0 Å². The fourth-order valence-electron chi connectivity index (χ4n) is 1.71. The molecule has 0 aliphatic carbocycles. The van der Waals surface area contributed by atoms with Crippen molar-refractivity contribution in [1.82, 2.24) is 0 Å². The highest BCUT2D eigenvalue weighted by Crippen LogP contribution is 2.37. The van der Waals surface area contributed by atoms with Crippen molar-refractivity contribution in [1.29, 1.82) is 0 Å². The molecule has 0 aromatic heterocycles. The number of nitro benzene ring substituents is 1. The molecule has 132 valence electrons. The fourth-order valence-corrected chi connectivity index (χ4v) is 1.71. The number of halogens is 3. The zero-order valence-corrected chi connectivity index (χ0v) is 12.7. The van der Waals surface area contributed by atoms with Gasteiger partial charge in [0.15, 0.2) is 6.61 Å². The third-order valence-corrected chi connectivity index (χ3v) is 2.89. The van der Waals surface area contributed by atoms with Gasteiger partial charge in [-0.05, 0) is 12.5 Å². The Morgan fingerprint density at radius 2 is 2.00 bits per heavy atom. The number of hydrogen-bond acceptors (Lipinski definition) is 5. The van der Waals surface area contributed by atoms with Crippen LogP contribution in [0.1, 0.15) is 31.7 Å². The van der Waals surface area contributed by atoms with Crippen LogP contribution in [0.15, 0.2) is 18.2 Å². The molecule has 24 heavy (non-hydrogen) atoms. The third-order valence-electron chi connectivity index (χ3n) is 2.89. The van der Waals surface area contributed by atoms with Crippen LogP contribution in [0, 0.1) is 10.1 Å². The standard InChI is InChI=1S/C14H15F3N2O5/c1-2-3-4-13(21)24-8-12(20)18-11-6-5-9(19(22)23)7-10(11)14(15,16)17/h5-7H,2-4,8H2,1H3,(H,18,20). The lowest BCUT2D eigenvalue weighted by molar-refractivity contribution is -0.385. The van der Waals surface area contributed by atoms with Gasteiger partial charge < -0.3 is 10.1 Å². The molecule has 1 aromatic rings. The molecule has 1 N–H and O–H groups in total. The maximum Gasteiger partial charge on any atom is 0.418 e. The van der Waals surface area contributed by atoms with Crippen LogP contribution in [-0.4, -0.2) is 23.4 Å². The molecule has 0 saturated heterocycles. The molecule has 0 aliphatic rings. The highest BCUT2D eigenvalue weighted by molar-refractivity contribution is 5.93. The molecule has 10 heteroatoms. The Bertz CT molecular complexity index is 631. The molecule has 0 bridgehead atoms. The first-order valence-electron chi connectivity index (χ1n) is 6.96. The molecule has 0 atom stereocenters. The van der Waals surface area contributed by atoms with E-state index >= 15 is 0 Å². The van der Waals surface area contributed by atoms with Gasteiger partial charge in [-0.15, -0.1) is 0 Å². The number of benzene rings is 1. The van der Waals surface area contributed by atoms with Crippen LogP contribution in [0.25, 0.3) is 0 Å². The van der Waals surface area contributed by atoms with E-state index in [-0.39, 0.29) is 6.42 Å². The number of carbonyl (C=O) groups excluding carboxylic acids is 2. The second-order valence-electron chi connectivity index (χ2n) is 4.80. The Labute approximate surface area is 134 Å². The molecular weight excluding hydrogens is 333 g/mol. The monoisotopic (exact) mass is 348 g/mol. The van der Waals surface area contributed by atoms with Gasteiger partial charge in [0, 0.05) is 18.6 Å². The Balaban J connectivity index is 2.81. The molecule has 1 amide bonds. The van der Waals surface area contributed by atoms with E-state index in [0.29, 0.717) is 12.5 Å². The molecule has 0 aliphatic heterocycles. The third kappa shape index (κ3) is 5.86.